The van der Waals surface area contributed by atoms with Gasteiger partial charge in [-0.3, -0.25) is 0 Å². The van der Waals surface area contributed by atoms with Gasteiger partial charge in [0.25, 0.3) is 6.10 Å². The van der Waals surface area contributed by atoms with E-state index in [4.69, 9.17) is 4.65 Å². The van der Waals surface area contributed by atoms with Gasteiger partial charge in [-0.2, -0.15) is 0 Å². The summed E-state index contributed by atoms with van der Waals surface area (Å²) in [7, 11) is -6.22. The standard InChI is InChI=1S/C19H57BOSi8/c1-21-20(28(22(2,3)4,23(5,6)7)24(8,9)10)29(25(11,12)13,26(14,15)16)27(17,18)19/h1-19H3. The molecule has 0 rings (SSSR count). The molecule has 0 bridgehead atoms. The van der Waals surface area contributed by atoms with Crippen molar-refractivity contribution in [2.24, 2.45) is 0 Å². The smallest absolute Gasteiger partial charge is 0.253 e. The van der Waals surface area contributed by atoms with Crippen molar-refractivity contribution in [3.05, 3.63) is 0 Å². The largest absolute Gasteiger partial charge is 0.446 e. The molecule has 0 aliphatic carbocycles. The van der Waals surface area contributed by atoms with Crippen molar-refractivity contribution in [1.29, 1.82) is 0 Å². The Balaban J connectivity index is 8.05. The predicted molar refractivity (Wildman–Crippen MR) is 164 cm³/mol. The van der Waals surface area contributed by atoms with Gasteiger partial charge < -0.3 is 4.65 Å². The lowest BCUT2D eigenvalue weighted by molar-refractivity contribution is 0.446. The molecule has 0 aromatic heterocycles. The van der Waals surface area contributed by atoms with Gasteiger partial charge in [-0.05, 0) is 0 Å². The SMILES string of the molecule is COB([Si]([Si](C)(C)C)([Si](C)(C)C)[Si](C)(C)C)[Si]([Si](C)(C)C)([Si](C)(C)C)[Si](C)(C)C. The Bertz CT molecular complexity index is 446. The highest BCUT2D eigenvalue weighted by molar-refractivity contribution is 8.21. The highest BCUT2D eigenvalue weighted by Gasteiger charge is 2.78. The molecule has 0 aliphatic heterocycles. The lowest BCUT2D eigenvalue weighted by atomic mass is 10.5. The average molecular weight is 537 g/mol. The highest BCUT2D eigenvalue weighted by Crippen LogP contribution is 2.48. The molecule has 0 saturated carbocycles. The van der Waals surface area contributed by atoms with Crippen molar-refractivity contribution in [2.75, 3.05) is 7.11 Å². The van der Waals surface area contributed by atoms with Crippen molar-refractivity contribution in [3.63, 3.8) is 0 Å². The number of rotatable bonds is 9. The fourth-order valence-corrected chi connectivity index (χ4v) is 256. The van der Waals surface area contributed by atoms with Crippen LogP contribution in [-0.4, -0.2) is 71.8 Å². The zero-order chi connectivity index (χ0) is 24.3. The van der Waals surface area contributed by atoms with Gasteiger partial charge in [-0.25, -0.2) is 0 Å². The van der Waals surface area contributed by atoms with Gasteiger partial charge in [0, 0.05) is 65.7 Å². The fraction of sp³-hybridized carbons (Fsp3) is 1.00. The molecular weight excluding hydrogens is 480 g/mol. The van der Waals surface area contributed by atoms with Gasteiger partial charge in [0.05, 0.1) is 0 Å². The minimum atomic E-state index is -1.63. The van der Waals surface area contributed by atoms with Crippen LogP contribution in [0.1, 0.15) is 0 Å². The maximum atomic E-state index is 7.17. The van der Waals surface area contributed by atoms with Crippen molar-refractivity contribution in [1.82, 2.24) is 0 Å². The molecule has 0 atom stereocenters. The summed E-state index contributed by atoms with van der Waals surface area (Å²) in [6.45, 7) is 46.7. The van der Waals surface area contributed by atoms with Crippen LogP contribution in [0.3, 0.4) is 0 Å². The third-order valence-electron chi connectivity index (χ3n) is 8.12. The predicted octanol–water partition coefficient (Wildman–Crippen LogP) is 7.18. The third-order valence-corrected chi connectivity index (χ3v) is 160. The van der Waals surface area contributed by atoms with Crippen LogP contribution >= 0.6 is 0 Å². The fourth-order valence-electron chi connectivity index (χ4n) is 9.79. The summed E-state index contributed by atoms with van der Waals surface area (Å²) in [5, 5.41) is 0. The van der Waals surface area contributed by atoms with Crippen LogP contribution < -0.4 is 0 Å². The monoisotopic (exact) mass is 536 g/mol. The summed E-state index contributed by atoms with van der Waals surface area (Å²) in [6.07, 6.45) is 0.713. The van der Waals surface area contributed by atoms with Crippen LogP contribution in [0, 0.1) is 0 Å². The summed E-state index contributed by atoms with van der Waals surface area (Å²) in [5.74, 6) is 0. The Kier molecular flexibility index (Phi) is 9.03. The normalized spacial score (nSPS) is 16.2. The summed E-state index contributed by atoms with van der Waals surface area (Å²) in [5.41, 5.74) is 0. The first-order valence-corrected chi connectivity index (χ1v) is 42.9. The third kappa shape index (κ3) is 4.71. The zero-order valence-corrected chi connectivity index (χ0v) is 32.0. The second-order valence-electron chi connectivity index (χ2n) is 15.7. The van der Waals surface area contributed by atoms with E-state index in [-0.39, 0.29) is 0 Å². The maximum Gasteiger partial charge on any atom is 0.253 e. The molecular formula is C19H57BOSi8. The molecule has 29 heavy (non-hydrogen) atoms. The van der Waals surface area contributed by atoms with Crippen molar-refractivity contribution < 1.29 is 4.65 Å². The molecule has 10 heteroatoms. The molecule has 0 unspecified atom stereocenters. The maximum absolute atomic E-state index is 7.17. The molecule has 0 fully saturated rings. The van der Waals surface area contributed by atoms with Gasteiger partial charge in [0.15, 0.2) is 0 Å². The van der Waals surface area contributed by atoms with Gasteiger partial charge >= 0.3 is 0 Å². The Morgan fingerprint density at radius 1 is 0.345 bits per heavy atom. The molecule has 0 aromatic rings. The van der Waals surface area contributed by atoms with E-state index in [9.17, 15) is 0 Å². The molecule has 0 radical (unpaired) electrons. The number of hydrogen-bond acceptors (Lipinski definition) is 1. The molecule has 0 heterocycles. The molecule has 0 aromatic carbocycles. The van der Waals surface area contributed by atoms with Crippen LogP contribution in [0.5, 0.6) is 0 Å². The lowest BCUT2D eigenvalue weighted by Crippen LogP contribution is -3.02. The molecule has 0 saturated heterocycles. The molecule has 0 spiro atoms. The lowest BCUT2D eigenvalue weighted by Gasteiger charge is -2.69. The average Bonchev–Trinajstić information content (AvgIpc) is 2.26. The van der Waals surface area contributed by atoms with Crippen LogP contribution in [0.15, 0.2) is 0 Å². The van der Waals surface area contributed by atoms with Crippen molar-refractivity contribution >= 4 is 64.6 Å². The Morgan fingerprint density at radius 2 is 0.483 bits per heavy atom. The molecule has 0 amide bonds. The van der Waals surface area contributed by atoms with Crippen LogP contribution in [0.2, 0.25) is 118 Å². The van der Waals surface area contributed by atoms with E-state index in [1.165, 1.54) is 0 Å². The van der Waals surface area contributed by atoms with Gasteiger partial charge in [0.2, 0.25) is 0 Å². The van der Waals surface area contributed by atoms with E-state index in [0.29, 0.717) is 6.10 Å². The van der Waals surface area contributed by atoms with Crippen LogP contribution in [0.4, 0.5) is 0 Å². The van der Waals surface area contributed by atoms with E-state index < -0.39 is 58.5 Å². The Hall–Kier alpha value is 1.76. The van der Waals surface area contributed by atoms with E-state index in [2.05, 4.69) is 125 Å². The van der Waals surface area contributed by atoms with E-state index in [1.807, 2.05) is 0 Å². The second kappa shape index (κ2) is 8.52. The molecule has 0 N–H and O–H groups in total. The van der Waals surface area contributed by atoms with Crippen molar-refractivity contribution in [2.45, 2.75) is 118 Å². The Morgan fingerprint density at radius 3 is 0.552 bits per heavy atom. The first-order valence-electron chi connectivity index (χ1n) is 11.7. The van der Waals surface area contributed by atoms with E-state index in [0.717, 1.165) is 0 Å². The second-order valence-corrected chi connectivity index (χ2v) is 97.8. The summed E-state index contributed by atoms with van der Waals surface area (Å²) < 4.78 is 7.17. The van der Waals surface area contributed by atoms with Gasteiger partial charge in [-0.15, -0.1) is 0 Å². The molecule has 174 valence electrons. The number of hydrogen-bond donors (Lipinski definition) is 0. The van der Waals surface area contributed by atoms with Crippen LogP contribution in [-0.2, 0) is 4.65 Å². The van der Waals surface area contributed by atoms with Crippen LogP contribution in [0.25, 0.3) is 0 Å². The molecule has 0 aliphatic rings. The molecule has 1 nitrogen and oxygen atoms in total. The first-order chi connectivity index (χ1) is 12.2. The topological polar surface area (TPSA) is 9.23 Å². The first kappa shape index (κ1) is 30.8. The minimum absolute atomic E-state index is 0.713. The Labute approximate surface area is 193 Å². The van der Waals surface area contributed by atoms with E-state index >= 15 is 0 Å². The highest BCUT2D eigenvalue weighted by atomic mass is 30.0. The van der Waals surface area contributed by atoms with Crippen molar-refractivity contribution in [3.8, 4) is 0 Å². The quantitative estimate of drug-likeness (QED) is 0.284. The zero-order valence-electron chi connectivity index (χ0n) is 24.0. The summed E-state index contributed by atoms with van der Waals surface area (Å²) in [4.78, 5) is 0. The van der Waals surface area contributed by atoms with Gasteiger partial charge in [-0.1, -0.05) is 118 Å². The summed E-state index contributed by atoms with van der Waals surface area (Å²) in [6, 6.07) is 0. The summed E-state index contributed by atoms with van der Waals surface area (Å²) >= 11 is 0. The minimum Gasteiger partial charge on any atom is -0.446 e. The van der Waals surface area contributed by atoms with Gasteiger partial charge in [0.1, 0.15) is 0 Å². The van der Waals surface area contributed by atoms with E-state index in [1.54, 1.807) is 0 Å².